The highest BCUT2D eigenvalue weighted by Crippen LogP contribution is 2.26. The van der Waals surface area contributed by atoms with Crippen LogP contribution in [-0.2, 0) is 18.4 Å². The van der Waals surface area contributed by atoms with Crippen molar-refractivity contribution in [3.63, 3.8) is 0 Å². The average Bonchev–Trinajstić information content (AvgIpc) is 2.99. The van der Waals surface area contributed by atoms with E-state index >= 15 is 0 Å². The number of amides is 1. The maximum atomic E-state index is 12.8. The second kappa shape index (κ2) is 9.49. The Labute approximate surface area is 178 Å². The van der Waals surface area contributed by atoms with E-state index < -0.39 is 0 Å². The van der Waals surface area contributed by atoms with Gasteiger partial charge in [0.2, 0.25) is 5.91 Å². The summed E-state index contributed by atoms with van der Waals surface area (Å²) in [6, 6.07) is 5.68. The number of rotatable bonds is 7. The molecular formula is C22H33N5O3. The van der Waals surface area contributed by atoms with E-state index in [9.17, 15) is 4.79 Å². The lowest BCUT2D eigenvalue weighted by atomic mass is 10.1. The second-order valence-electron chi connectivity index (χ2n) is 7.82. The van der Waals surface area contributed by atoms with E-state index in [1.54, 1.807) is 18.9 Å². The Hall–Kier alpha value is -2.58. The number of carbonyl (C=O) groups excluding carboxylic acids is 1. The van der Waals surface area contributed by atoms with E-state index in [0.717, 1.165) is 66.9 Å². The first-order valence-corrected chi connectivity index (χ1v) is 10.3. The molecule has 1 aromatic heterocycles. The fourth-order valence-corrected chi connectivity index (χ4v) is 3.90. The van der Waals surface area contributed by atoms with Gasteiger partial charge in [0.15, 0.2) is 0 Å². The maximum absolute atomic E-state index is 12.8. The number of nitrogens with zero attached hydrogens (tertiary/aromatic N) is 4. The Kier molecular flexibility index (Phi) is 6.99. The molecule has 0 saturated carbocycles. The molecule has 0 aliphatic carbocycles. The molecule has 3 rings (SSSR count). The molecule has 164 valence electrons. The predicted molar refractivity (Wildman–Crippen MR) is 117 cm³/mol. The maximum Gasteiger partial charge on any atom is 0.241 e. The number of benzene rings is 1. The van der Waals surface area contributed by atoms with Gasteiger partial charge in [-0.15, -0.1) is 0 Å². The Balaban J connectivity index is 1.57. The molecule has 1 fully saturated rings. The third kappa shape index (κ3) is 4.76. The van der Waals surface area contributed by atoms with Crippen LogP contribution in [-0.4, -0.2) is 71.9 Å². The third-order valence-electron chi connectivity index (χ3n) is 5.97. The molecule has 1 atom stereocenters. The first-order valence-electron chi connectivity index (χ1n) is 10.3. The summed E-state index contributed by atoms with van der Waals surface area (Å²) >= 11 is 0. The molecule has 1 aliphatic heterocycles. The summed E-state index contributed by atoms with van der Waals surface area (Å²) in [6.07, 6.45) is 0. The summed E-state index contributed by atoms with van der Waals surface area (Å²) in [6.45, 7) is 10.1. The van der Waals surface area contributed by atoms with E-state index in [-0.39, 0.29) is 11.9 Å². The summed E-state index contributed by atoms with van der Waals surface area (Å²) in [7, 11) is 5.25. The molecule has 2 heterocycles. The molecule has 1 amide bonds. The number of hydrogen-bond acceptors (Lipinski definition) is 6. The van der Waals surface area contributed by atoms with Gasteiger partial charge in [0, 0.05) is 45.3 Å². The normalized spacial score (nSPS) is 16.3. The zero-order chi connectivity index (χ0) is 21.8. The fraction of sp³-hybridized carbons (Fsp3) is 0.545. The number of hydrogen-bond donors (Lipinski definition) is 1. The molecule has 0 radical (unpaired) electrons. The van der Waals surface area contributed by atoms with Gasteiger partial charge < -0.3 is 14.8 Å². The number of piperazine rings is 1. The van der Waals surface area contributed by atoms with Crippen LogP contribution < -0.4 is 14.8 Å². The molecule has 1 aromatic carbocycles. The zero-order valence-corrected chi connectivity index (χ0v) is 18.9. The lowest BCUT2D eigenvalue weighted by molar-refractivity contribution is -0.121. The van der Waals surface area contributed by atoms with Crippen LogP contribution in [0.15, 0.2) is 18.2 Å². The van der Waals surface area contributed by atoms with E-state index in [1.807, 2.05) is 46.0 Å². The van der Waals surface area contributed by atoms with Crippen LogP contribution in [0.3, 0.4) is 0 Å². The highest BCUT2D eigenvalue weighted by Gasteiger charge is 2.27. The highest BCUT2D eigenvalue weighted by atomic mass is 16.5. The smallest absolute Gasteiger partial charge is 0.241 e. The molecule has 8 nitrogen and oxygen atoms in total. The first-order chi connectivity index (χ1) is 14.3. The Morgan fingerprint density at radius 2 is 1.87 bits per heavy atom. The second-order valence-corrected chi connectivity index (χ2v) is 7.82. The SMILES string of the molecule is COc1ccc(OC)c(CN2CCN(C(C)C(=O)Nc3c(C)nn(C)c3C)CC2)c1. The van der Waals surface area contributed by atoms with Crippen LogP contribution in [0.25, 0.3) is 0 Å². The van der Waals surface area contributed by atoms with Gasteiger partial charge in [0.1, 0.15) is 11.5 Å². The van der Waals surface area contributed by atoms with Gasteiger partial charge >= 0.3 is 0 Å². The van der Waals surface area contributed by atoms with Crippen molar-refractivity contribution in [2.75, 3.05) is 45.7 Å². The molecule has 8 heteroatoms. The van der Waals surface area contributed by atoms with E-state index in [1.165, 1.54) is 0 Å². The van der Waals surface area contributed by atoms with E-state index in [0.29, 0.717) is 0 Å². The number of methoxy groups -OCH3 is 2. The minimum Gasteiger partial charge on any atom is -0.497 e. The summed E-state index contributed by atoms with van der Waals surface area (Å²) in [5, 5.41) is 7.44. The van der Waals surface area contributed by atoms with Crippen molar-refractivity contribution in [1.82, 2.24) is 19.6 Å². The number of carbonyl (C=O) groups is 1. The van der Waals surface area contributed by atoms with Crippen LogP contribution in [0.2, 0.25) is 0 Å². The van der Waals surface area contributed by atoms with Crippen molar-refractivity contribution >= 4 is 11.6 Å². The van der Waals surface area contributed by atoms with Crippen molar-refractivity contribution in [3.8, 4) is 11.5 Å². The Morgan fingerprint density at radius 3 is 2.43 bits per heavy atom. The summed E-state index contributed by atoms with van der Waals surface area (Å²) in [4.78, 5) is 17.4. The third-order valence-corrected chi connectivity index (χ3v) is 5.97. The molecule has 1 saturated heterocycles. The van der Waals surface area contributed by atoms with Gasteiger partial charge in [-0.2, -0.15) is 5.10 Å². The number of aryl methyl sites for hydroxylation is 2. The molecule has 0 bridgehead atoms. The minimum atomic E-state index is -0.197. The van der Waals surface area contributed by atoms with Gasteiger partial charge in [-0.05, 0) is 39.0 Å². The van der Waals surface area contributed by atoms with Crippen LogP contribution in [0.4, 0.5) is 5.69 Å². The number of anilines is 1. The zero-order valence-electron chi connectivity index (χ0n) is 18.9. The molecule has 1 aliphatic rings. The molecule has 0 spiro atoms. The van der Waals surface area contributed by atoms with Gasteiger partial charge in [0.05, 0.1) is 37.3 Å². The predicted octanol–water partition coefficient (Wildman–Crippen LogP) is 2.20. The standard InChI is InChI=1S/C22H33N5O3/c1-15-21(16(2)25(4)24-15)23-22(28)17(3)27-11-9-26(10-12-27)14-18-13-19(29-5)7-8-20(18)30-6/h7-8,13,17H,9-12,14H2,1-6H3,(H,23,28). The van der Waals surface area contributed by atoms with Crippen LogP contribution >= 0.6 is 0 Å². The largest absolute Gasteiger partial charge is 0.497 e. The number of nitrogens with one attached hydrogen (secondary N) is 1. The Bertz CT molecular complexity index is 887. The van der Waals surface area contributed by atoms with Crippen LogP contribution in [0, 0.1) is 13.8 Å². The molecule has 1 unspecified atom stereocenters. The Morgan fingerprint density at radius 1 is 1.17 bits per heavy atom. The number of aromatic nitrogens is 2. The average molecular weight is 416 g/mol. The highest BCUT2D eigenvalue weighted by molar-refractivity contribution is 5.95. The van der Waals surface area contributed by atoms with E-state index in [4.69, 9.17) is 9.47 Å². The number of ether oxygens (including phenoxy) is 2. The lowest BCUT2D eigenvalue weighted by Gasteiger charge is -2.37. The summed E-state index contributed by atoms with van der Waals surface area (Å²) < 4.78 is 12.6. The lowest BCUT2D eigenvalue weighted by Crippen LogP contribution is -2.52. The molecule has 30 heavy (non-hydrogen) atoms. The van der Waals surface area contributed by atoms with Crippen molar-refractivity contribution in [2.24, 2.45) is 7.05 Å². The fourth-order valence-electron chi connectivity index (χ4n) is 3.90. The van der Waals surface area contributed by atoms with Gasteiger partial charge in [-0.3, -0.25) is 19.3 Å². The summed E-state index contributed by atoms with van der Waals surface area (Å²) in [5.74, 6) is 1.71. The first kappa shape index (κ1) is 22.1. The van der Waals surface area contributed by atoms with Crippen molar-refractivity contribution in [1.29, 1.82) is 0 Å². The van der Waals surface area contributed by atoms with Crippen molar-refractivity contribution < 1.29 is 14.3 Å². The van der Waals surface area contributed by atoms with E-state index in [2.05, 4.69) is 20.2 Å². The van der Waals surface area contributed by atoms with Gasteiger partial charge in [0.25, 0.3) is 0 Å². The molecule has 2 aromatic rings. The topological polar surface area (TPSA) is 71.9 Å². The summed E-state index contributed by atoms with van der Waals surface area (Å²) in [5.41, 5.74) is 3.73. The van der Waals surface area contributed by atoms with Crippen molar-refractivity contribution in [2.45, 2.75) is 33.4 Å². The monoisotopic (exact) mass is 415 g/mol. The minimum absolute atomic E-state index is 0.0112. The van der Waals surface area contributed by atoms with Crippen molar-refractivity contribution in [3.05, 3.63) is 35.2 Å². The van der Waals surface area contributed by atoms with Crippen LogP contribution in [0.5, 0.6) is 11.5 Å². The van der Waals surface area contributed by atoms with Gasteiger partial charge in [-0.25, -0.2) is 0 Å². The molecule has 1 N–H and O–H groups in total. The quantitative estimate of drug-likeness (QED) is 0.748. The van der Waals surface area contributed by atoms with Gasteiger partial charge in [-0.1, -0.05) is 0 Å². The van der Waals surface area contributed by atoms with Crippen LogP contribution in [0.1, 0.15) is 23.9 Å². The molecular weight excluding hydrogens is 382 g/mol.